The van der Waals surface area contributed by atoms with Gasteiger partial charge in [0.05, 0.1) is 11.7 Å². The van der Waals surface area contributed by atoms with Gasteiger partial charge in [0.25, 0.3) is 5.91 Å². The van der Waals surface area contributed by atoms with Crippen LogP contribution in [0, 0.1) is 19.8 Å². The summed E-state index contributed by atoms with van der Waals surface area (Å²) in [6, 6.07) is 6.86. The summed E-state index contributed by atoms with van der Waals surface area (Å²) in [7, 11) is 3.46. The number of hydrogen-bond donors (Lipinski definition) is 1. The van der Waals surface area contributed by atoms with E-state index in [0.29, 0.717) is 18.0 Å². The maximum Gasteiger partial charge on any atom is 0.291 e. The zero-order valence-corrected chi connectivity index (χ0v) is 17.7. The average molecular weight is 395 g/mol. The second kappa shape index (κ2) is 8.06. The van der Waals surface area contributed by atoms with E-state index in [1.165, 1.54) is 17.7 Å². The molecule has 1 aliphatic heterocycles. The van der Waals surface area contributed by atoms with Crippen molar-refractivity contribution in [3.05, 3.63) is 47.2 Å². The molecule has 154 valence electrons. The van der Waals surface area contributed by atoms with E-state index in [4.69, 9.17) is 0 Å². The quantitative estimate of drug-likeness (QED) is 0.812. The first-order valence-corrected chi connectivity index (χ1v) is 10.4. The number of amides is 1. The van der Waals surface area contributed by atoms with E-state index < -0.39 is 0 Å². The molecule has 1 saturated carbocycles. The lowest BCUT2D eigenvalue weighted by molar-refractivity contribution is 0.0815. The predicted octanol–water partition coefficient (Wildman–Crippen LogP) is 2.51. The minimum absolute atomic E-state index is 0.160. The van der Waals surface area contributed by atoms with Gasteiger partial charge in [-0.2, -0.15) is 0 Å². The summed E-state index contributed by atoms with van der Waals surface area (Å²) < 4.78 is 0. The lowest BCUT2D eigenvalue weighted by atomic mass is 10.1. The Bertz CT molecular complexity index is 880. The van der Waals surface area contributed by atoms with Gasteiger partial charge in [0.15, 0.2) is 0 Å². The molecular formula is C22H30N6O. The second-order valence-electron chi connectivity index (χ2n) is 8.45. The Balaban J connectivity index is 1.50. The van der Waals surface area contributed by atoms with Crippen LogP contribution in [0.25, 0.3) is 0 Å². The van der Waals surface area contributed by atoms with Gasteiger partial charge in [0, 0.05) is 50.7 Å². The minimum Gasteiger partial charge on any atom is -0.355 e. The van der Waals surface area contributed by atoms with Gasteiger partial charge in [0.2, 0.25) is 5.82 Å². The van der Waals surface area contributed by atoms with Crippen LogP contribution in [0.5, 0.6) is 0 Å². The third-order valence-corrected chi connectivity index (χ3v) is 5.96. The summed E-state index contributed by atoms with van der Waals surface area (Å²) in [6.07, 6.45) is 5.47. The van der Waals surface area contributed by atoms with Crippen molar-refractivity contribution in [3.63, 3.8) is 0 Å². The molecule has 1 N–H and O–H groups in total. The van der Waals surface area contributed by atoms with Crippen LogP contribution in [0.1, 0.15) is 52.9 Å². The Morgan fingerprint density at radius 1 is 1.21 bits per heavy atom. The van der Waals surface area contributed by atoms with Gasteiger partial charge in [-0.3, -0.25) is 9.78 Å². The highest BCUT2D eigenvalue weighted by Gasteiger charge is 2.36. The Morgan fingerprint density at radius 2 is 2.00 bits per heavy atom. The van der Waals surface area contributed by atoms with Crippen LogP contribution in [0.2, 0.25) is 0 Å². The van der Waals surface area contributed by atoms with E-state index in [-0.39, 0.29) is 11.7 Å². The maximum absolute atomic E-state index is 12.4. The topological polar surface area (TPSA) is 74.2 Å². The molecule has 2 aliphatic rings. The second-order valence-corrected chi connectivity index (χ2v) is 8.45. The number of hydrogen-bond acceptors (Lipinski definition) is 6. The largest absolute Gasteiger partial charge is 0.355 e. The number of aryl methyl sites for hydroxylation is 1. The lowest BCUT2D eigenvalue weighted by Crippen LogP contribution is -2.37. The van der Waals surface area contributed by atoms with E-state index in [2.05, 4.69) is 37.3 Å². The molecule has 2 aromatic heterocycles. The molecule has 2 fully saturated rings. The molecule has 0 radical (unpaired) electrons. The molecule has 2 atom stereocenters. The molecule has 1 aliphatic carbocycles. The highest BCUT2D eigenvalue weighted by Crippen LogP contribution is 2.41. The zero-order valence-electron chi connectivity index (χ0n) is 17.7. The van der Waals surface area contributed by atoms with E-state index in [1.54, 1.807) is 14.1 Å². The van der Waals surface area contributed by atoms with Crippen molar-refractivity contribution in [2.75, 3.05) is 32.1 Å². The van der Waals surface area contributed by atoms with Crippen LogP contribution >= 0.6 is 0 Å². The molecule has 3 heterocycles. The van der Waals surface area contributed by atoms with Crippen molar-refractivity contribution in [2.24, 2.45) is 5.92 Å². The number of carbonyl (C=O) groups excluding carboxylic acids is 1. The average Bonchev–Trinajstić information content (AvgIpc) is 3.46. The van der Waals surface area contributed by atoms with E-state index in [9.17, 15) is 4.79 Å². The number of anilines is 1. The number of pyridine rings is 1. The van der Waals surface area contributed by atoms with E-state index in [1.807, 2.05) is 26.1 Å². The highest BCUT2D eigenvalue weighted by atomic mass is 16.2. The first kappa shape index (κ1) is 19.8. The molecule has 1 saturated heterocycles. The number of carbonyl (C=O) groups is 1. The van der Waals surface area contributed by atoms with Crippen LogP contribution in [-0.2, 0) is 0 Å². The van der Waals surface area contributed by atoms with Crippen molar-refractivity contribution in [1.82, 2.24) is 25.2 Å². The molecule has 0 aromatic carbocycles. The lowest BCUT2D eigenvalue weighted by Gasteiger charge is -2.24. The highest BCUT2D eigenvalue weighted by molar-refractivity contribution is 5.90. The Hall–Kier alpha value is -2.54. The predicted molar refractivity (Wildman–Crippen MR) is 113 cm³/mol. The molecule has 7 heteroatoms. The third-order valence-electron chi connectivity index (χ3n) is 5.96. The summed E-state index contributed by atoms with van der Waals surface area (Å²) in [4.78, 5) is 29.8. The van der Waals surface area contributed by atoms with E-state index >= 15 is 0 Å². The molecule has 29 heavy (non-hydrogen) atoms. The minimum atomic E-state index is -0.160. The molecule has 0 spiro atoms. The number of nitrogens with zero attached hydrogens (tertiary/aromatic N) is 5. The van der Waals surface area contributed by atoms with Crippen LogP contribution in [-0.4, -0.2) is 59.0 Å². The summed E-state index contributed by atoms with van der Waals surface area (Å²) in [6.45, 7) is 5.78. The van der Waals surface area contributed by atoms with Crippen LogP contribution < -0.4 is 10.2 Å². The van der Waals surface area contributed by atoms with Gasteiger partial charge in [-0.15, -0.1) is 0 Å². The molecule has 7 nitrogen and oxygen atoms in total. The summed E-state index contributed by atoms with van der Waals surface area (Å²) in [5.41, 5.74) is 3.05. The Kier molecular flexibility index (Phi) is 5.50. The number of aromatic nitrogens is 3. The fraction of sp³-hybridized carbons (Fsp3) is 0.545. The zero-order chi connectivity index (χ0) is 20.5. The fourth-order valence-electron chi connectivity index (χ4n) is 4.01. The maximum atomic E-state index is 12.4. The molecule has 2 aromatic rings. The van der Waals surface area contributed by atoms with Crippen LogP contribution in [0.4, 0.5) is 5.82 Å². The monoisotopic (exact) mass is 394 g/mol. The van der Waals surface area contributed by atoms with Gasteiger partial charge < -0.3 is 15.1 Å². The molecule has 0 bridgehead atoms. The van der Waals surface area contributed by atoms with Crippen LogP contribution in [0.3, 0.4) is 0 Å². The Morgan fingerprint density at radius 3 is 2.66 bits per heavy atom. The molecule has 1 amide bonds. The van der Waals surface area contributed by atoms with Gasteiger partial charge >= 0.3 is 0 Å². The SMILES string of the molecule is Cc1nc(C(=O)N(C)C)nc(N2CC[C@@H](NC(c3ccccn3)C3CC3)C2)c1C. The molecular weight excluding hydrogens is 364 g/mol. The van der Waals surface area contributed by atoms with Crippen molar-refractivity contribution in [3.8, 4) is 0 Å². The van der Waals surface area contributed by atoms with Crippen molar-refractivity contribution in [1.29, 1.82) is 0 Å². The number of rotatable bonds is 6. The first-order valence-electron chi connectivity index (χ1n) is 10.4. The smallest absolute Gasteiger partial charge is 0.291 e. The van der Waals surface area contributed by atoms with Gasteiger partial charge in [-0.1, -0.05) is 6.07 Å². The first-order chi connectivity index (χ1) is 13.9. The van der Waals surface area contributed by atoms with Crippen molar-refractivity contribution >= 4 is 11.7 Å². The molecule has 4 rings (SSSR count). The van der Waals surface area contributed by atoms with Crippen molar-refractivity contribution < 1.29 is 4.79 Å². The Labute approximate surface area is 172 Å². The summed E-state index contributed by atoms with van der Waals surface area (Å²) >= 11 is 0. The fourth-order valence-corrected chi connectivity index (χ4v) is 4.01. The van der Waals surface area contributed by atoms with Crippen LogP contribution in [0.15, 0.2) is 24.4 Å². The summed E-state index contributed by atoms with van der Waals surface area (Å²) in [5.74, 6) is 1.68. The third kappa shape index (κ3) is 4.24. The standard InChI is InChI=1S/C22H30N6O/c1-14-15(2)24-20(22(29)27(3)4)26-21(14)28-12-10-17(13-28)25-19(16-8-9-16)18-7-5-6-11-23-18/h5-7,11,16-17,19,25H,8-10,12-13H2,1-4H3/t17-,19?/m1/s1. The normalized spacial score (nSPS) is 20.0. The number of nitrogens with one attached hydrogen (secondary N) is 1. The molecule has 1 unspecified atom stereocenters. The van der Waals surface area contributed by atoms with Gasteiger partial charge in [-0.25, -0.2) is 9.97 Å². The van der Waals surface area contributed by atoms with Gasteiger partial charge in [0.1, 0.15) is 5.82 Å². The summed E-state index contributed by atoms with van der Waals surface area (Å²) in [5, 5.41) is 3.86. The van der Waals surface area contributed by atoms with Gasteiger partial charge in [-0.05, 0) is 51.2 Å². The van der Waals surface area contributed by atoms with Crippen molar-refractivity contribution in [2.45, 2.75) is 45.2 Å². The van der Waals surface area contributed by atoms with E-state index in [0.717, 1.165) is 42.3 Å².